The molecule has 0 bridgehead atoms. The van der Waals surface area contributed by atoms with Gasteiger partial charge in [0.15, 0.2) is 5.11 Å². The van der Waals surface area contributed by atoms with Gasteiger partial charge in [0.05, 0.1) is 6.21 Å². The second-order valence-electron chi connectivity index (χ2n) is 8.99. The third-order valence-electron chi connectivity index (χ3n) is 6.22. The zero-order valence-electron chi connectivity index (χ0n) is 21.7. The molecule has 0 aromatic heterocycles. The molecule has 33 heavy (non-hydrogen) atoms. The summed E-state index contributed by atoms with van der Waals surface area (Å²) >= 11 is 5.31. The van der Waals surface area contributed by atoms with E-state index < -0.39 is 0 Å². The van der Waals surface area contributed by atoms with Gasteiger partial charge in [0.25, 0.3) is 0 Å². The Morgan fingerprint density at radius 2 is 1.24 bits per heavy atom. The Labute approximate surface area is 210 Å². The number of nitrogens with zero attached hydrogens (tertiary/aromatic N) is 2. The maximum absolute atomic E-state index is 5.31. The van der Waals surface area contributed by atoms with E-state index in [0.717, 1.165) is 31.6 Å². The lowest BCUT2D eigenvalue weighted by Gasteiger charge is -2.20. The largest absolute Gasteiger partial charge is 0.372 e. The molecular formula is C28H50N4S. The quantitative estimate of drug-likeness (QED) is 0.0874. The van der Waals surface area contributed by atoms with Crippen LogP contribution in [0.25, 0.3) is 0 Å². The summed E-state index contributed by atoms with van der Waals surface area (Å²) in [6.45, 7) is 9.59. The van der Waals surface area contributed by atoms with Gasteiger partial charge < -0.3 is 10.2 Å². The third kappa shape index (κ3) is 15.8. The number of hydrogen-bond acceptors (Lipinski definition) is 3. The van der Waals surface area contributed by atoms with Gasteiger partial charge in [-0.1, -0.05) is 103 Å². The van der Waals surface area contributed by atoms with E-state index in [-0.39, 0.29) is 0 Å². The Morgan fingerprint density at radius 3 is 1.73 bits per heavy atom. The molecule has 5 heteroatoms. The van der Waals surface area contributed by atoms with Crippen LogP contribution in [0.15, 0.2) is 29.4 Å². The van der Waals surface area contributed by atoms with E-state index in [4.69, 9.17) is 12.2 Å². The molecule has 0 amide bonds. The van der Waals surface area contributed by atoms with Gasteiger partial charge >= 0.3 is 0 Å². The molecule has 0 aliphatic rings. The highest BCUT2D eigenvalue weighted by Crippen LogP contribution is 2.14. The van der Waals surface area contributed by atoms with Gasteiger partial charge in [-0.2, -0.15) is 5.10 Å². The molecule has 0 aliphatic heterocycles. The number of hydrogen-bond donors (Lipinski definition) is 2. The predicted octanol–water partition coefficient (Wildman–Crippen LogP) is 7.81. The van der Waals surface area contributed by atoms with Crippen LogP contribution >= 0.6 is 12.2 Å². The monoisotopic (exact) mass is 474 g/mol. The van der Waals surface area contributed by atoms with Crippen LogP contribution in [0.5, 0.6) is 0 Å². The molecule has 0 aliphatic carbocycles. The maximum atomic E-state index is 5.31. The summed E-state index contributed by atoms with van der Waals surface area (Å²) in [5, 5.41) is 8.10. The van der Waals surface area contributed by atoms with Crippen LogP contribution in [0.2, 0.25) is 0 Å². The fraction of sp³-hybridized carbons (Fsp3) is 0.714. The maximum Gasteiger partial charge on any atom is 0.186 e. The third-order valence-corrected chi connectivity index (χ3v) is 6.45. The summed E-state index contributed by atoms with van der Waals surface area (Å²) in [4.78, 5) is 2.33. The van der Waals surface area contributed by atoms with Crippen molar-refractivity contribution in [2.75, 3.05) is 24.5 Å². The fourth-order valence-electron chi connectivity index (χ4n) is 4.09. The first-order chi connectivity index (χ1) is 16.2. The van der Waals surface area contributed by atoms with Crippen molar-refractivity contribution in [3.05, 3.63) is 29.8 Å². The van der Waals surface area contributed by atoms with Crippen molar-refractivity contribution in [1.29, 1.82) is 0 Å². The van der Waals surface area contributed by atoms with E-state index in [2.05, 4.69) is 65.8 Å². The highest BCUT2D eigenvalue weighted by molar-refractivity contribution is 7.80. The molecular weight excluding hydrogens is 424 g/mol. The zero-order chi connectivity index (χ0) is 24.0. The lowest BCUT2D eigenvalue weighted by atomic mass is 10.0. The van der Waals surface area contributed by atoms with Crippen molar-refractivity contribution >= 4 is 29.2 Å². The average Bonchev–Trinajstić information content (AvgIpc) is 2.83. The van der Waals surface area contributed by atoms with Crippen molar-refractivity contribution < 1.29 is 0 Å². The van der Waals surface area contributed by atoms with Gasteiger partial charge in [-0.05, 0) is 50.2 Å². The van der Waals surface area contributed by atoms with Crippen LogP contribution in [0, 0.1) is 0 Å². The Balaban J connectivity index is 1.95. The van der Waals surface area contributed by atoms with E-state index in [0.29, 0.717) is 5.11 Å². The molecule has 1 rings (SSSR count). The standard InChI is InChI=1S/C28H50N4S/c1-4-7-8-9-10-11-12-13-14-15-16-17-18-19-24-29-28(33)31-30-25-26-20-22-27(23-21-26)32(5-2)6-3/h20-23,25H,4-19,24H2,1-3H3,(H2,29,31,33). The highest BCUT2D eigenvalue weighted by Gasteiger charge is 2.00. The molecule has 4 nitrogen and oxygen atoms in total. The van der Waals surface area contributed by atoms with Crippen molar-refractivity contribution in [3.63, 3.8) is 0 Å². The molecule has 0 radical (unpaired) electrons. The fourth-order valence-corrected chi connectivity index (χ4v) is 4.24. The van der Waals surface area contributed by atoms with Crippen molar-refractivity contribution in [1.82, 2.24) is 10.7 Å². The summed E-state index contributed by atoms with van der Waals surface area (Å²) in [5.41, 5.74) is 5.23. The van der Waals surface area contributed by atoms with Crippen LogP contribution in [-0.4, -0.2) is 31.0 Å². The average molecular weight is 475 g/mol. The second-order valence-corrected chi connectivity index (χ2v) is 9.39. The molecule has 0 unspecified atom stereocenters. The summed E-state index contributed by atoms with van der Waals surface area (Å²) in [6, 6.07) is 8.45. The number of nitrogens with one attached hydrogen (secondary N) is 2. The van der Waals surface area contributed by atoms with Gasteiger partial charge in [0, 0.05) is 25.3 Å². The van der Waals surface area contributed by atoms with Crippen molar-refractivity contribution in [2.45, 2.75) is 111 Å². The first-order valence-corrected chi connectivity index (χ1v) is 14.0. The van der Waals surface area contributed by atoms with Crippen LogP contribution in [0.3, 0.4) is 0 Å². The summed E-state index contributed by atoms with van der Waals surface area (Å²) in [7, 11) is 0. The van der Waals surface area contributed by atoms with Crippen LogP contribution in [-0.2, 0) is 0 Å². The Hall–Kier alpha value is -1.62. The number of unbranched alkanes of at least 4 members (excludes halogenated alkanes) is 13. The van der Waals surface area contributed by atoms with Crippen molar-refractivity contribution in [2.24, 2.45) is 5.10 Å². The number of thiocarbonyl (C=S) groups is 1. The van der Waals surface area contributed by atoms with E-state index >= 15 is 0 Å². The van der Waals surface area contributed by atoms with Gasteiger partial charge in [-0.25, -0.2) is 0 Å². The highest BCUT2D eigenvalue weighted by atomic mass is 32.1. The molecule has 0 saturated carbocycles. The number of hydrazone groups is 1. The van der Waals surface area contributed by atoms with Crippen molar-refractivity contribution in [3.8, 4) is 0 Å². The smallest absolute Gasteiger partial charge is 0.186 e. The Kier molecular flexibility index (Phi) is 18.7. The molecule has 1 aromatic carbocycles. The lowest BCUT2D eigenvalue weighted by Crippen LogP contribution is -2.32. The number of benzene rings is 1. The topological polar surface area (TPSA) is 39.7 Å². The lowest BCUT2D eigenvalue weighted by molar-refractivity contribution is 0.535. The zero-order valence-corrected chi connectivity index (χ0v) is 22.5. The minimum absolute atomic E-state index is 0.598. The minimum Gasteiger partial charge on any atom is -0.372 e. The van der Waals surface area contributed by atoms with E-state index in [1.165, 1.54) is 89.2 Å². The summed E-state index contributed by atoms with van der Waals surface area (Å²) < 4.78 is 0. The molecule has 188 valence electrons. The molecule has 2 N–H and O–H groups in total. The number of rotatable bonds is 20. The molecule has 0 spiro atoms. The molecule has 1 aromatic rings. The molecule has 0 atom stereocenters. The van der Waals surface area contributed by atoms with Gasteiger partial charge in [-0.3, -0.25) is 5.43 Å². The number of anilines is 1. The summed E-state index contributed by atoms with van der Waals surface area (Å²) in [6.07, 6.45) is 21.2. The molecule has 0 saturated heterocycles. The van der Waals surface area contributed by atoms with Crippen LogP contribution in [0.4, 0.5) is 5.69 Å². The Morgan fingerprint density at radius 1 is 0.758 bits per heavy atom. The first kappa shape index (κ1) is 29.4. The van der Waals surface area contributed by atoms with Crippen LogP contribution in [0.1, 0.15) is 116 Å². The first-order valence-electron chi connectivity index (χ1n) is 13.6. The van der Waals surface area contributed by atoms with E-state index in [9.17, 15) is 0 Å². The molecule has 0 heterocycles. The normalized spacial score (nSPS) is 11.1. The van der Waals surface area contributed by atoms with E-state index in [1.807, 2.05) is 6.21 Å². The molecule has 0 fully saturated rings. The SMILES string of the molecule is CCCCCCCCCCCCCCCCNC(=S)NN=Cc1ccc(N(CC)CC)cc1. The van der Waals surface area contributed by atoms with Crippen LogP contribution < -0.4 is 15.6 Å². The Bertz CT molecular complexity index is 611. The van der Waals surface area contributed by atoms with E-state index in [1.54, 1.807) is 0 Å². The predicted molar refractivity (Wildman–Crippen MR) is 152 cm³/mol. The summed E-state index contributed by atoms with van der Waals surface area (Å²) in [5.74, 6) is 0. The van der Waals surface area contributed by atoms with Gasteiger partial charge in [-0.15, -0.1) is 0 Å². The van der Waals surface area contributed by atoms with Gasteiger partial charge in [0.1, 0.15) is 0 Å². The van der Waals surface area contributed by atoms with Gasteiger partial charge in [0.2, 0.25) is 0 Å². The second kappa shape index (κ2) is 20.9. The minimum atomic E-state index is 0.598.